The topological polar surface area (TPSA) is 134 Å². The number of aromatic amines is 1. The van der Waals surface area contributed by atoms with E-state index in [1.807, 2.05) is 0 Å². The quantitative estimate of drug-likeness (QED) is 0.500. The first-order valence-electron chi connectivity index (χ1n) is 4.37. The fourth-order valence-corrected chi connectivity index (χ4v) is 1.50. The minimum absolute atomic E-state index is 0.0756. The summed E-state index contributed by atoms with van der Waals surface area (Å²) in [5, 5.41) is 24.4. The number of aromatic carboxylic acids is 1. The summed E-state index contributed by atoms with van der Waals surface area (Å²) in [6.07, 6.45) is 0.922. The third kappa shape index (κ3) is 1.44. The predicted octanol–water partition coefficient (Wildman–Crippen LogP) is -1.47. The molecule has 0 aliphatic carbocycles. The zero-order chi connectivity index (χ0) is 12.7. The molecule has 0 fully saturated rings. The van der Waals surface area contributed by atoms with Crippen molar-refractivity contribution in [1.82, 2.24) is 14.8 Å². The number of aromatic nitrogens is 3. The van der Waals surface area contributed by atoms with E-state index in [-0.39, 0.29) is 11.0 Å². The van der Waals surface area contributed by atoms with Crippen molar-refractivity contribution in [1.29, 1.82) is 0 Å². The van der Waals surface area contributed by atoms with Gasteiger partial charge in [0.15, 0.2) is 11.0 Å². The summed E-state index contributed by atoms with van der Waals surface area (Å²) < 4.78 is 1.09. The summed E-state index contributed by atoms with van der Waals surface area (Å²) in [6.45, 7) is 0. The highest BCUT2D eigenvalue weighted by atomic mass is 16.6. The maximum atomic E-state index is 11.7. The van der Waals surface area contributed by atoms with Crippen molar-refractivity contribution >= 4 is 22.8 Å². The van der Waals surface area contributed by atoms with E-state index in [1.54, 1.807) is 0 Å². The molecule has 0 aliphatic rings. The Morgan fingerprint density at radius 2 is 2.24 bits per heavy atom. The molecule has 0 atom stereocenters. The van der Waals surface area contributed by atoms with Gasteiger partial charge in [-0.05, 0) is 4.92 Å². The number of carboxylic acid groups (broad SMARTS) is 1. The van der Waals surface area contributed by atoms with Crippen molar-refractivity contribution < 1.29 is 14.8 Å². The lowest BCUT2D eigenvalue weighted by molar-refractivity contribution is -0.388. The Hall–Kier alpha value is -2.71. The van der Waals surface area contributed by atoms with Gasteiger partial charge in [0.25, 0.3) is 0 Å². The number of nitrogens with zero attached hydrogens (tertiary/aromatic N) is 3. The standard InChI is InChI=1S/C8H6N4O5/c1-11-6-4(7(10-11)12(16)17)5(13)3(2-9-6)8(14)15/h2H,1H3,(H,9,13)(H,14,15)/p-1. The van der Waals surface area contributed by atoms with E-state index >= 15 is 0 Å². The number of carboxylic acids is 1. The van der Waals surface area contributed by atoms with E-state index in [0.717, 1.165) is 10.9 Å². The van der Waals surface area contributed by atoms with E-state index in [4.69, 9.17) is 0 Å². The molecule has 17 heavy (non-hydrogen) atoms. The van der Waals surface area contributed by atoms with E-state index in [0.29, 0.717) is 0 Å². The first-order chi connectivity index (χ1) is 7.93. The maximum Gasteiger partial charge on any atom is 0.403 e. The zero-order valence-electron chi connectivity index (χ0n) is 8.46. The van der Waals surface area contributed by atoms with Gasteiger partial charge in [-0.1, -0.05) is 0 Å². The number of nitrogens with one attached hydrogen (secondary N) is 1. The van der Waals surface area contributed by atoms with Crippen molar-refractivity contribution in [3.05, 3.63) is 32.1 Å². The molecular formula is C8H5N4O5-. The molecule has 0 radical (unpaired) electrons. The minimum Gasteiger partial charge on any atom is -0.545 e. The van der Waals surface area contributed by atoms with Gasteiger partial charge < -0.3 is 25.0 Å². The van der Waals surface area contributed by atoms with Crippen molar-refractivity contribution in [2.45, 2.75) is 0 Å². The number of carbonyl (C=O) groups excluding carboxylic acids is 1. The highest BCUT2D eigenvalue weighted by molar-refractivity contribution is 5.93. The van der Waals surface area contributed by atoms with Gasteiger partial charge in [-0.3, -0.25) is 4.79 Å². The molecule has 0 aromatic carbocycles. The molecule has 0 saturated carbocycles. The van der Waals surface area contributed by atoms with Crippen LogP contribution in [0, 0.1) is 10.1 Å². The number of aryl methyl sites for hydroxylation is 1. The Kier molecular flexibility index (Phi) is 2.16. The van der Waals surface area contributed by atoms with Crippen LogP contribution in [0.3, 0.4) is 0 Å². The first-order valence-corrected chi connectivity index (χ1v) is 4.37. The second-order valence-electron chi connectivity index (χ2n) is 3.25. The van der Waals surface area contributed by atoms with Crippen LogP contribution >= 0.6 is 0 Å². The van der Waals surface area contributed by atoms with Crippen LogP contribution in [0.4, 0.5) is 5.82 Å². The van der Waals surface area contributed by atoms with Crippen LogP contribution in [0.2, 0.25) is 0 Å². The lowest BCUT2D eigenvalue weighted by Crippen LogP contribution is -2.29. The fraction of sp³-hybridized carbons (Fsp3) is 0.125. The number of rotatable bonds is 2. The number of nitro groups is 1. The Bertz CT molecular complexity index is 698. The smallest absolute Gasteiger partial charge is 0.403 e. The fourth-order valence-electron chi connectivity index (χ4n) is 1.50. The number of hydrogen-bond acceptors (Lipinski definition) is 6. The highest BCUT2D eigenvalue weighted by Gasteiger charge is 2.24. The Morgan fingerprint density at radius 3 is 2.76 bits per heavy atom. The average molecular weight is 237 g/mol. The molecule has 2 aromatic rings. The summed E-state index contributed by atoms with van der Waals surface area (Å²) in [4.78, 5) is 34.6. The SMILES string of the molecule is Cn1nc([N+](=O)[O-])c2c(=O)c(C(=O)[O-])c[nH]c21. The first kappa shape index (κ1) is 10.8. The van der Waals surface area contributed by atoms with Gasteiger partial charge in [-0.2, -0.15) is 4.68 Å². The molecule has 0 unspecified atom stereocenters. The van der Waals surface area contributed by atoms with E-state index in [2.05, 4.69) is 10.1 Å². The molecule has 0 aliphatic heterocycles. The van der Waals surface area contributed by atoms with Crippen LogP contribution in [-0.2, 0) is 7.05 Å². The molecule has 88 valence electrons. The van der Waals surface area contributed by atoms with Gasteiger partial charge in [0.1, 0.15) is 0 Å². The molecule has 0 saturated heterocycles. The van der Waals surface area contributed by atoms with Crippen molar-refractivity contribution in [2.75, 3.05) is 0 Å². The van der Waals surface area contributed by atoms with Gasteiger partial charge in [0, 0.05) is 6.20 Å². The van der Waals surface area contributed by atoms with Gasteiger partial charge >= 0.3 is 5.82 Å². The van der Waals surface area contributed by atoms with Crippen LogP contribution in [0.5, 0.6) is 0 Å². The second kappa shape index (κ2) is 3.40. The normalized spacial score (nSPS) is 10.6. The predicted molar refractivity (Wildman–Crippen MR) is 52.3 cm³/mol. The van der Waals surface area contributed by atoms with Gasteiger partial charge in [0.2, 0.25) is 5.43 Å². The highest BCUT2D eigenvalue weighted by Crippen LogP contribution is 2.18. The number of fused-ring (bicyclic) bond motifs is 1. The summed E-state index contributed by atoms with van der Waals surface area (Å²) in [5.41, 5.74) is -1.58. The molecule has 0 spiro atoms. The molecular weight excluding hydrogens is 232 g/mol. The molecule has 0 bridgehead atoms. The number of carbonyl (C=O) groups is 1. The molecule has 2 rings (SSSR count). The van der Waals surface area contributed by atoms with E-state index < -0.39 is 27.7 Å². The number of hydrogen-bond donors (Lipinski definition) is 1. The van der Waals surface area contributed by atoms with E-state index in [1.165, 1.54) is 7.05 Å². The van der Waals surface area contributed by atoms with Crippen LogP contribution in [0.1, 0.15) is 10.4 Å². The third-order valence-electron chi connectivity index (χ3n) is 2.25. The summed E-state index contributed by atoms with van der Waals surface area (Å²) in [6, 6.07) is 0. The number of pyridine rings is 1. The summed E-state index contributed by atoms with van der Waals surface area (Å²) >= 11 is 0. The lowest BCUT2D eigenvalue weighted by Gasteiger charge is -2.00. The molecule has 9 nitrogen and oxygen atoms in total. The molecule has 1 N–H and O–H groups in total. The van der Waals surface area contributed by atoms with Crippen molar-refractivity contribution in [3.8, 4) is 0 Å². The minimum atomic E-state index is -1.70. The lowest BCUT2D eigenvalue weighted by atomic mass is 10.2. The largest absolute Gasteiger partial charge is 0.545 e. The zero-order valence-corrected chi connectivity index (χ0v) is 8.46. The van der Waals surface area contributed by atoms with Crippen LogP contribution in [0.25, 0.3) is 11.0 Å². The van der Waals surface area contributed by atoms with E-state index in [9.17, 15) is 24.8 Å². The van der Waals surface area contributed by atoms with Crippen LogP contribution in [-0.4, -0.2) is 25.7 Å². The Morgan fingerprint density at radius 1 is 1.59 bits per heavy atom. The van der Waals surface area contributed by atoms with Crippen LogP contribution in [0.15, 0.2) is 11.0 Å². The van der Waals surface area contributed by atoms with Crippen molar-refractivity contribution in [3.63, 3.8) is 0 Å². The third-order valence-corrected chi connectivity index (χ3v) is 2.25. The average Bonchev–Trinajstić information content (AvgIpc) is 2.57. The molecule has 0 amide bonds. The monoisotopic (exact) mass is 237 g/mol. The molecule has 2 aromatic heterocycles. The van der Waals surface area contributed by atoms with Gasteiger partial charge in [0.05, 0.1) is 23.7 Å². The van der Waals surface area contributed by atoms with Gasteiger partial charge in [-0.25, -0.2) is 0 Å². The summed E-state index contributed by atoms with van der Waals surface area (Å²) in [7, 11) is 1.39. The maximum absolute atomic E-state index is 11.7. The molecule has 9 heteroatoms. The van der Waals surface area contributed by atoms with Gasteiger partial charge in [-0.15, -0.1) is 0 Å². The second-order valence-corrected chi connectivity index (χ2v) is 3.25. The Balaban J connectivity index is 2.98. The van der Waals surface area contributed by atoms with Crippen LogP contribution < -0.4 is 10.5 Å². The number of H-pyrrole nitrogens is 1. The summed E-state index contributed by atoms with van der Waals surface area (Å²) in [5.74, 6) is -2.39. The van der Waals surface area contributed by atoms with Crippen molar-refractivity contribution in [2.24, 2.45) is 7.05 Å². The molecule has 2 heterocycles. The Labute approximate surface area is 92.4 Å².